The van der Waals surface area contributed by atoms with E-state index in [1.807, 2.05) is 0 Å². The Hall–Kier alpha value is -5.92. The normalized spacial score (nSPS) is 14.6. The third-order valence-electron chi connectivity index (χ3n) is 11.8. The molecule has 0 saturated carbocycles. The van der Waals surface area contributed by atoms with Crippen LogP contribution in [0.3, 0.4) is 0 Å². The lowest BCUT2D eigenvalue weighted by Crippen LogP contribution is -2.18. The van der Waals surface area contributed by atoms with Crippen molar-refractivity contribution in [1.82, 2.24) is 0 Å². The van der Waals surface area contributed by atoms with E-state index in [-0.39, 0.29) is 10.8 Å². The highest BCUT2D eigenvalue weighted by atomic mass is 15.1. The van der Waals surface area contributed by atoms with Crippen molar-refractivity contribution in [3.63, 3.8) is 0 Å². The largest absolute Gasteiger partial charge is 0.310 e. The molecule has 2 aliphatic carbocycles. The molecule has 0 N–H and O–H groups in total. The number of benzene rings is 8. The lowest BCUT2D eigenvalue weighted by atomic mass is 9.78. The highest BCUT2D eigenvalue weighted by molar-refractivity contribution is 6.09. The van der Waals surface area contributed by atoms with E-state index >= 15 is 0 Å². The Balaban J connectivity index is 1.22. The van der Waals surface area contributed by atoms with E-state index in [0.717, 1.165) is 11.4 Å². The molecule has 244 valence electrons. The Bertz CT molecular complexity index is 2710. The fraction of sp³-hybridized carbons (Fsp3) is 0.120. The first kappa shape index (κ1) is 29.9. The van der Waals surface area contributed by atoms with Crippen molar-refractivity contribution in [3.8, 4) is 33.4 Å². The summed E-state index contributed by atoms with van der Waals surface area (Å²) in [5.74, 6) is 0. The summed E-state index contributed by atoms with van der Waals surface area (Å²) >= 11 is 0. The molecule has 0 fully saturated rings. The summed E-state index contributed by atoms with van der Waals surface area (Å²) < 4.78 is 0. The van der Waals surface area contributed by atoms with Crippen LogP contribution in [0.2, 0.25) is 0 Å². The zero-order chi connectivity index (χ0) is 34.5. The van der Waals surface area contributed by atoms with Crippen molar-refractivity contribution in [2.75, 3.05) is 4.90 Å². The summed E-state index contributed by atoms with van der Waals surface area (Å²) in [4.78, 5) is 2.50. The van der Waals surface area contributed by atoms with Crippen molar-refractivity contribution in [3.05, 3.63) is 186 Å². The second-order valence-electron chi connectivity index (χ2n) is 15.3. The predicted molar refractivity (Wildman–Crippen MR) is 217 cm³/mol. The Morgan fingerprint density at radius 2 is 0.882 bits per heavy atom. The SMILES string of the molecule is CC1(C)c2ccccc2-c2ccc(N(c3ccc4c(ccc5ccccc54)c3)c3ccccc3-c3cccc4c3C(C)(C)c3ccccc3-4)cc21. The predicted octanol–water partition coefficient (Wildman–Crippen LogP) is 13.7. The van der Waals surface area contributed by atoms with Crippen LogP contribution in [0.5, 0.6) is 0 Å². The smallest absolute Gasteiger partial charge is 0.0540 e. The van der Waals surface area contributed by atoms with Gasteiger partial charge in [0.2, 0.25) is 0 Å². The van der Waals surface area contributed by atoms with Gasteiger partial charge in [-0.1, -0.05) is 161 Å². The minimum atomic E-state index is -0.131. The van der Waals surface area contributed by atoms with Crippen LogP contribution in [0.15, 0.2) is 164 Å². The van der Waals surface area contributed by atoms with Crippen molar-refractivity contribution in [2.24, 2.45) is 0 Å². The fourth-order valence-electron chi connectivity index (χ4n) is 9.37. The third-order valence-corrected chi connectivity index (χ3v) is 11.8. The molecule has 51 heavy (non-hydrogen) atoms. The summed E-state index contributed by atoms with van der Waals surface area (Å²) in [7, 11) is 0. The van der Waals surface area contributed by atoms with Gasteiger partial charge in [0, 0.05) is 27.8 Å². The molecule has 0 radical (unpaired) electrons. The van der Waals surface area contributed by atoms with E-state index in [1.165, 1.54) is 82.9 Å². The maximum absolute atomic E-state index is 2.50. The Morgan fingerprint density at radius 3 is 1.69 bits per heavy atom. The van der Waals surface area contributed by atoms with Crippen LogP contribution in [-0.4, -0.2) is 0 Å². The van der Waals surface area contributed by atoms with Crippen LogP contribution in [0.4, 0.5) is 17.1 Å². The third kappa shape index (κ3) is 4.28. The summed E-state index contributed by atoms with van der Waals surface area (Å²) in [5, 5.41) is 5.06. The minimum absolute atomic E-state index is 0.106. The fourth-order valence-corrected chi connectivity index (χ4v) is 9.37. The van der Waals surface area contributed by atoms with Crippen molar-refractivity contribution in [1.29, 1.82) is 0 Å². The molecule has 0 heterocycles. The van der Waals surface area contributed by atoms with E-state index in [4.69, 9.17) is 0 Å². The lowest BCUT2D eigenvalue weighted by molar-refractivity contribution is 0.660. The molecule has 10 rings (SSSR count). The van der Waals surface area contributed by atoms with Gasteiger partial charge >= 0.3 is 0 Å². The highest BCUT2D eigenvalue weighted by Crippen LogP contribution is 2.55. The Kier molecular flexibility index (Phi) is 6.34. The Morgan fingerprint density at radius 1 is 0.353 bits per heavy atom. The van der Waals surface area contributed by atoms with E-state index in [2.05, 4.69) is 196 Å². The zero-order valence-electron chi connectivity index (χ0n) is 29.5. The first-order valence-corrected chi connectivity index (χ1v) is 18.1. The molecular weight excluding hydrogens is 615 g/mol. The minimum Gasteiger partial charge on any atom is -0.310 e. The van der Waals surface area contributed by atoms with Gasteiger partial charge in [0.05, 0.1) is 5.69 Å². The van der Waals surface area contributed by atoms with E-state index in [0.29, 0.717) is 0 Å². The van der Waals surface area contributed by atoms with Crippen LogP contribution in [-0.2, 0) is 10.8 Å². The van der Waals surface area contributed by atoms with Gasteiger partial charge in [0.15, 0.2) is 0 Å². The van der Waals surface area contributed by atoms with Gasteiger partial charge in [-0.15, -0.1) is 0 Å². The van der Waals surface area contributed by atoms with Gasteiger partial charge in [0.1, 0.15) is 0 Å². The molecule has 0 saturated heterocycles. The van der Waals surface area contributed by atoms with Gasteiger partial charge in [-0.2, -0.15) is 0 Å². The molecular formula is C50H39N. The molecule has 1 heteroatoms. The van der Waals surface area contributed by atoms with Crippen molar-refractivity contribution < 1.29 is 0 Å². The number of rotatable bonds is 4. The van der Waals surface area contributed by atoms with E-state index in [1.54, 1.807) is 0 Å². The summed E-state index contributed by atoms with van der Waals surface area (Å²) in [5.41, 5.74) is 16.7. The molecule has 2 aliphatic rings. The van der Waals surface area contributed by atoms with E-state index < -0.39 is 0 Å². The maximum Gasteiger partial charge on any atom is 0.0540 e. The number of anilines is 3. The topological polar surface area (TPSA) is 3.24 Å². The number of fused-ring (bicyclic) bond motifs is 9. The number of nitrogens with zero attached hydrogens (tertiary/aromatic N) is 1. The number of hydrogen-bond donors (Lipinski definition) is 0. The molecule has 0 atom stereocenters. The molecule has 0 aromatic heterocycles. The first-order valence-electron chi connectivity index (χ1n) is 18.1. The molecule has 1 nitrogen and oxygen atoms in total. The van der Waals surface area contributed by atoms with Crippen LogP contribution in [0.25, 0.3) is 54.9 Å². The van der Waals surface area contributed by atoms with Crippen LogP contribution in [0, 0.1) is 0 Å². The van der Waals surface area contributed by atoms with Gasteiger partial charge < -0.3 is 4.90 Å². The van der Waals surface area contributed by atoms with Gasteiger partial charge in [0.25, 0.3) is 0 Å². The molecule has 0 bridgehead atoms. The number of para-hydroxylation sites is 1. The van der Waals surface area contributed by atoms with Gasteiger partial charge in [-0.3, -0.25) is 0 Å². The van der Waals surface area contributed by atoms with Crippen LogP contribution in [0.1, 0.15) is 49.9 Å². The first-order chi connectivity index (χ1) is 24.8. The quantitative estimate of drug-likeness (QED) is 0.171. The average molecular weight is 654 g/mol. The Labute approximate surface area is 300 Å². The van der Waals surface area contributed by atoms with Crippen molar-refractivity contribution in [2.45, 2.75) is 38.5 Å². The van der Waals surface area contributed by atoms with Crippen molar-refractivity contribution >= 4 is 38.6 Å². The molecule has 0 unspecified atom stereocenters. The lowest BCUT2D eigenvalue weighted by Gasteiger charge is -2.31. The van der Waals surface area contributed by atoms with Crippen LogP contribution >= 0.6 is 0 Å². The van der Waals surface area contributed by atoms with E-state index in [9.17, 15) is 0 Å². The molecule has 8 aromatic rings. The summed E-state index contributed by atoms with van der Waals surface area (Å²) in [6, 6.07) is 61.1. The monoisotopic (exact) mass is 653 g/mol. The van der Waals surface area contributed by atoms with Gasteiger partial charge in [-0.05, 0) is 102 Å². The standard InChI is InChI=1S/C50H39N/c1-49(2)44-21-10-7-16-38(44)40-29-27-35(31-46(40)49)51(34-26-28-37-33(30-34)25-24-32-14-5-6-15-36(32)37)47-23-12-9-18-41(47)43-20-13-19-42-39-17-8-11-22-45(39)50(3,4)48(42)43/h5-31H,1-4H3. The molecule has 0 aliphatic heterocycles. The number of hydrogen-bond acceptors (Lipinski definition) is 1. The van der Waals surface area contributed by atoms with Gasteiger partial charge in [-0.25, -0.2) is 0 Å². The molecule has 8 aromatic carbocycles. The second-order valence-corrected chi connectivity index (χ2v) is 15.3. The summed E-state index contributed by atoms with van der Waals surface area (Å²) in [6.45, 7) is 9.51. The summed E-state index contributed by atoms with van der Waals surface area (Å²) in [6.07, 6.45) is 0. The van der Waals surface area contributed by atoms with Crippen LogP contribution < -0.4 is 4.90 Å². The second kappa shape index (κ2) is 10.8. The molecule has 0 spiro atoms. The highest BCUT2D eigenvalue weighted by Gasteiger charge is 2.39. The molecule has 0 amide bonds. The zero-order valence-corrected chi connectivity index (χ0v) is 29.5. The average Bonchev–Trinajstić information content (AvgIpc) is 3.54. The maximum atomic E-state index is 2.50.